The van der Waals surface area contributed by atoms with Gasteiger partial charge in [-0.05, 0) is 37.1 Å². The van der Waals surface area contributed by atoms with Crippen LogP contribution < -0.4 is 11.1 Å². The highest BCUT2D eigenvalue weighted by atomic mass is 16.2. The van der Waals surface area contributed by atoms with Crippen molar-refractivity contribution in [3.63, 3.8) is 0 Å². The van der Waals surface area contributed by atoms with Gasteiger partial charge in [0.2, 0.25) is 23.6 Å². The molecule has 1 heterocycles. The van der Waals surface area contributed by atoms with E-state index < -0.39 is 5.91 Å². The van der Waals surface area contributed by atoms with Crippen LogP contribution in [0.2, 0.25) is 0 Å². The van der Waals surface area contributed by atoms with E-state index in [1.165, 1.54) is 17.0 Å². The average molecular weight is 343 g/mol. The average Bonchev–Trinajstić information content (AvgIpc) is 2.85. The number of amides is 4. The first-order valence-electron chi connectivity index (χ1n) is 8.52. The van der Waals surface area contributed by atoms with Gasteiger partial charge in [0.05, 0.1) is 11.8 Å². The van der Waals surface area contributed by atoms with Crippen molar-refractivity contribution >= 4 is 29.3 Å². The third-order valence-corrected chi connectivity index (χ3v) is 4.95. The van der Waals surface area contributed by atoms with E-state index in [2.05, 4.69) is 5.32 Å². The van der Waals surface area contributed by atoms with Crippen molar-refractivity contribution in [2.24, 2.45) is 17.6 Å². The summed E-state index contributed by atoms with van der Waals surface area (Å²) in [4.78, 5) is 49.0. The first kappa shape index (κ1) is 17.1. The molecular weight excluding hydrogens is 322 g/mol. The summed E-state index contributed by atoms with van der Waals surface area (Å²) in [6, 6.07) is 6.21. The topological polar surface area (TPSA) is 110 Å². The lowest BCUT2D eigenvalue weighted by molar-refractivity contribution is -0.140. The molecule has 0 bridgehead atoms. The highest BCUT2D eigenvalue weighted by Gasteiger charge is 2.47. The van der Waals surface area contributed by atoms with Gasteiger partial charge < -0.3 is 11.1 Å². The third-order valence-electron chi connectivity index (χ3n) is 4.95. The Kier molecular flexibility index (Phi) is 4.83. The van der Waals surface area contributed by atoms with E-state index in [1.807, 2.05) is 0 Å². The van der Waals surface area contributed by atoms with Gasteiger partial charge in [0.15, 0.2) is 0 Å². The number of rotatable bonds is 5. The summed E-state index contributed by atoms with van der Waals surface area (Å²) in [6.45, 7) is 0.107. The normalized spacial score (nSPS) is 22.6. The predicted molar refractivity (Wildman–Crippen MR) is 90.4 cm³/mol. The maximum atomic E-state index is 12.4. The lowest BCUT2D eigenvalue weighted by Crippen LogP contribution is -2.34. The lowest BCUT2D eigenvalue weighted by Gasteiger charge is -2.19. The van der Waals surface area contributed by atoms with E-state index in [1.54, 1.807) is 12.1 Å². The van der Waals surface area contributed by atoms with Gasteiger partial charge in [-0.25, -0.2) is 0 Å². The van der Waals surface area contributed by atoms with Crippen LogP contribution in [-0.2, 0) is 14.4 Å². The molecule has 0 radical (unpaired) electrons. The number of hydrogen-bond acceptors (Lipinski definition) is 4. The van der Waals surface area contributed by atoms with Gasteiger partial charge in [-0.2, -0.15) is 0 Å². The number of anilines is 1. The Hall–Kier alpha value is -2.70. The molecule has 4 amide bonds. The van der Waals surface area contributed by atoms with Crippen LogP contribution in [0.3, 0.4) is 0 Å². The van der Waals surface area contributed by atoms with E-state index in [9.17, 15) is 19.2 Å². The van der Waals surface area contributed by atoms with Crippen LogP contribution in [0.25, 0.3) is 0 Å². The van der Waals surface area contributed by atoms with Crippen LogP contribution in [-0.4, -0.2) is 35.1 Å². The van der Waals surface area contributed by atoms with Crippen molar-refractivity contribution in [2.75, 3.05) is 11.9 Å². The smallest absolute Gasteiger partial charge is 0.248 e. The Labute approximate surface area is 145 Å². The zero-order valence-electron chi connectivity index (χ0n) is 13.9. The van der Waals surface area contributed by atoms with Crippen molar-refractivity contribution in [2.45, 2.75) is 32.1 Å². The van der Waals surface area contributed by atoms with Crippen molar-refractivity contribution in [3.8, 4) is 0 Å². The molecule has 1 aromatic rings. The fraction of sp³-hybridized carbons (Fsp3) is 0.444. The number of likely N-dealkylation sites (tertiary alicyclic amines) is 1. The zero-order valence-corrected chi connectivity index (χ0v) is 13.9. The minimum atomic E-state index is -0.537. The minimum Gasteiger partial charge on any atom is -0.366 e. The molecule has 0 spiro atoms. The number of hydrogen-bond donors (Lipinski definition) is 2. The Morgan fingerprint density at radius 1 is 1.04 bits per heavy atom. The monoisotopic (exact) mass is 343 g/mol. The van der Waals surface area contributed by atoms with E-state index in [0.717, 1.165) is 25.7 Å². The van der Waals surface area contributed by atoms with Crippen molar-refractivity contribution in [1.29, 1.82) is 0 Å². The second-order valence-electron chi connectivity index (χ2n) is 6.57. The molecule has 2 fully saturated rings. The van der Waals surface area contributed by atoms with E-state index in [4.69, 9.17) is 5.73 Å². The van der Waals surface area contributed by atoms with E-state index >= 15 is 0 Å². The summed E-state index contributed by atoms with van der Waals surface area (Å²) in [5.41, 5.74) is 6.05. The fourth-order valence-corrected chi connectivity index (χ4v) is 3.61. The minimum absolute atomic E-state index is 0.0501. The Balaban J connectivity index is 1.54. The molecule has 7 nitrogen and oxygen atoms in total. The SMILES string of the molecule is NC(=O)c1ccc(NC(=O)CCN2C(=O)[C@@H]3CCCC[C@H]3C2=O)cc1. The maximum Gasteiger partial charge on any atom is 0.248 e. The summed E-state index contributed by atoms with van der Waals surface area (Å²) in [5.74, 6) is -1.47. The van der Waals surface area contributed by atoms with Gasteiger partial charge in [-0.1, -0.05) is 12.8 Å². The quantitative estimate of drug-likeness (QED) is 0.785. The lowest BCUT2D eigenvalue weighted by atomic mass is 9.81. The second kappa shape index (κ2) is 7.04. The van der Waals surface area contributed by atoms with Crippen LogP contribution in [0, 0.1) is 11.8 Å². The molecule has 0 unspecified atom stereocenters. The Bertz CT molecular complexity index is 690. The first-order valence-corrected chi connectivity index (χ1v) is 8.52. The van der Waals surface area contributed by atoms with Crippen LogP contribution in [0.15, 0.2) is 24.3 Å². The van der Waals surface area contributed by atoms with Crippen LogP contribution >= 0.6 is 0 Å². The zero-order chi connectivity index (χ0) is 18.0. The summed E-state index contributed by atoms with van der Waals surface area (Å²) in [7, 11) is 0. The van der Waals surface area contributed by atoms with Crippen molar-refractivity contribution < 1.29 is 19.2 Å². The molecule has 25 heavy (non-hydrogen) atoms. The first-order chi connectivity index (χ1) is 12.0. The fourth-order valence-electron chi connectivity index (χ4n) is 3.61. The number of primary amides is 1. The molecule has 3 rings (SSSR count). The number of nitrogens with two attached hydrogens (primary N) is 1. The highest BCUT2D eigenvalue weighted by molar-refractivity contribution is 6.05. The molecule has 7 heteroatoms. The summed E-state index contributed by atoms with van der Waals surface area (Å²) >= 11 is 0. The van der Waals surface area contributed by atoms with Gasteiger partial charge in [0.25, 0.3) is 0 Å². The summed E-state index contributed by atoms with van der Waals surface area (Å²) in [5, 5.41) is 2.68. The summed E-state index contributed by atoms with van der Waals surface area (Å²) < 4.78 is 0. The molecule has 1 saturated heterocycles. The van der Waals surface area contributed by atoms with Crippen LogP contribution in [0.5, 0.6) is 0 Å². The van der Waals surface area contributed by atoms with Crippen molar-refractivity contribution in [3.05, 3.63) is 29.8 Å². The van der Waals surface area contributed by atoms with E-state index in [-0.39, 0.29) is 42.5 Å². The molecule has 132 valence electrons. The predicted octanol–water partition coefficient (Wildman–Crippen LogP) is 1.29. The van der Waals surface area contributed by atoms with E-state index in [0.29, 0.717) is 11.3 Å². The molecular formula is C18H21N3O4. The van der Waals surface area contributed by atoms with Gasteiger partial charge >= 0.3 is 0 Å². The molecule has 0 aromatic heterocycles. The molecule has 1 saturated carbocycles. The van der Waals surface area contributed by atoms with Gasteiger partial charge in [0.1, 0.15) is 0 Å². The third kappa shape index (κ3) is 3.55. The Morgan fingerprint density at radius 2 is 1.60 bits per heavy atom. The van der Waals surface area contributed by atoms with Gasteiger partial charge in [0, 0.05) is 24.2 Å². The van der Waals surface area contributed by atoms with Gasteiger partial charge in [-0.3, -0.25) is 24.1 Å². The van der Waals surface area contributed by atoms with Gasteiger partial charge in [-0.15, -0.1) is 0 Å². The van der Waals surface area contributed by atoms with Crippen molar-refractivity contribution in [1.82, 2.24) is 4.90 Å². The number of nitrogens with one attached hydrogen (secondary N) is 1. The number of benzene rings is 1. The number of imide groups is 1. The Morgan fingerprint density at radius 3 is 2.12 bits per heavy atom. The maximum absolute atomic E-state index is 12.4. The molecule has 2 atom stereocenters. The standard InChI is InChI=1S/C18H21N3O4/c19-16(23)11-5-7-12(8-6-11)20-15(22)9-10-21-17(24)13-3-1-2-4-14(13)18(21)25/h5-8,13-14H,1-4,9-10H2,(H2,19,23)(H,20,22)/t13-,14-/m1/s1. The number of nitrogens with zero attached hydrogens (tertiary/aromatic N) is 1. The molecule has 1 aliphatic heterocycles. The van der Waals surface area contributed by atoms with Crippen LogP contribution in [0.1, 0.15) is 42.5 Å². The number of fused-ring (bicyclic) bond motifs is 1. The number of carbonyl (C=O) groups excluding carboxylic acids is 4. The molecule has 3 N–H and O–H groups in total. The highest BCUT2D eigenvalue weighted by Crippen LogP contribution is 2.37. The van der Waals surface area contributed by atoms with Crippen LogP contribution in [0.4, 0.5) is 5.69 Å². The summed E-state index contributed by atoms with van der Waals surface area (Å²) in [6.07, 6.45) is 3.55. The molecule has 2 aliphatic rings. The molecule has 1 aromatic carbocycles. The second-order valence-corrected chi connectivity index (χ2v) is 6.57. The number of carbonyl (C=O) groups is 4. The molecule has 1 aliphatic carbocycles. The largest absolute Gasteiger partial charge is 0.366 e.